The molecule has 42 heavy (non-hydrogen) atoms. The van der Waals surface area contributed by atoms with Gasteiger partial charge in [0.2, 0.25) is 0 Å². The Kier molecular flexibility index (Phi) is 15.1. The Bertz CT molecular complexity index is 1040. The molecule has 1 aromatic rings. The quantitative estimate of drug-likeness (QED) is 0.156. The van der Waals surface area contributed by atoms with Crippen molar-refractivity contribution in [1.29, 1.82) is 0 Å². The molecule has 0 aliphatic carbocycles. The van der Waals surface area contributed by atoms with E-state index in [4.69, 9.17) is 38.9 Å². The van der Waals surface area contributed by atoms with Gasteiger partial charge in [0, 0.05) is 0 Å². The lowest BCUT2D eigenvalue weighted by atomic mass is 10.1. The lowest BCUT2D eigenvalue weighted by Crippen LogP contribution is -2.37. The summed E-state index contributed by atoms with van der Waals surface area (Å²) in [5.74, 6) is -0.740. The van der Waals surface area contributed by atoms with E-state index in [2.05, 4.69) is 0 Å². The number of carbonyl (C=O) groups is 4. The number of ether oxygens (including phenoxy) is 7. The molecule has 12 nitrogen and oxygen atoms in total. The molecule has 0 spiro atoms. The van der Waals surface area contributed by atoms with E-state index in [1.165, 1.54) is 12.1 Å². The fourth-order valence-electron chi connectivity index (χ4n) is 2.81. The molecule has 0 radical (unpaired) electrons. The van der Waals surface area contributed by atoms with Crippen LogP contribution in [0.5, 0.6) is 11.5 Å². The van der Waals surface area contributed by atoms with E-state index in [9.17, 15) is 19.2 Å². The van der Waals surface area contributed by atoms with E-state index in [1.54, 1.807) is 33.8 Å². The van der Waals surface area contributed by atoms with Gasteiger partial charge >= 0.3 is 24.4 Å². The van der Waals surface area contributed by atoms with Crippen molar-refractivity contribution in [1.82, 2.24) is 0 Å². The molecule has 12 heteroatoms. The van der Waals surface area contributed by atoms with E-state index in [1.807, 2.05) is 41.5 Å². The topological polar surface area (TPSA) is 159 Å². The van der Waals surface area contributed by atoms with Crippen LogP contribution in [0, 0.1) is 17.8 Å². The van der Waals surface area contributed by atoms with Crippen LogP contribution in [0.2, 0.25) is 0 Å². The number of esters is 1. The Balaban J connectivity index is 2.92. The monoisotopic (exact) mass is 597 g/mol. The summed E-state index contributed by atoms with van der Waals surface area (Å²) in [7, 11) is 0. The van der Waals surface area contributed by atoms with Crippen LogP contribution in [-0.4, -0.2) is 61.5 Å². The van der Waals surface area contributed by atoms with Gasteiger partial charge in [-0.2, -0.15) is 0 Å². The highest BCUT2D eigenvalue weighted by Gasteiger charge is 2.24. The summed E-state index contributed by atoms with van der Waals surface area (Å²) in [4.78, 5) is 49.1. The molecule has 2 N–H and O–H groups in total. The van der Waals surface area contributed by atoms with E-state index in [0.717, 1.165) is 0 Å². The fraction of sp³-hybridized carbons (Fsp3) is 0.667. The minimum atomic E-state index is -1.11. The summed E-state index contributed by atoms with van der Waals surface area (Å²) in [6, 6.07) is 3.24. The summed E-state index contributed by atoms with van der Waals surface area (Å²) in [6.45, 7) is 17.9. The maximum absolute atomic E-state index is 12.6. The van der Waals surface area contributed by atoms with Crippen molar-refractivity contribution < 1.29 is 52.3 Å². The normalized spacial score (nSPS) is 14.8. The molecule has 0 heterocycles. The highest BCUT2D eigenvalue weighted by atomic mass is 16.8. The summed E-state index contributed by atoms with van der Waals surface area (Å²) >= 11 is 0. The van der Waals surface area contributed by atoms with Gasteiger partial charge in [-0.15, -0.1) is 0 Å². The Morgan fingerprint density at radius 3 is 1.57 bits per heavy atom. The summed E-state index contributed by atoms with van der Waals surface area (Å²) in [5, 5.41) is 0. The minimum absolute atomic E-state index is 0.0106. The second kappa shape index (κ2) is 17.4. The van der Waals surface area contributed by atoms with E-state index >= 15 is 0 Å². The third kappa shape index (κ3) is 13.4. The van der Waals surface area contributed by atoms with Crippen molar-refractivity contribution in [2.45, 2.75) is 106 Å². The van der Waals surface area contributed by atoms with E-state index in [-0.39, 0.29) is 48.4 Å². The van der Waals surface area contributed by atoms with Gasteiger partial charge in [0.25, 0.3) is 0 Å². The molecule has 0 bridgehead atoms. The Morgan fingerprint density at radius 1 is 0.643 bits per heavy atom. The zero-order chi connectivity index (χ0) is 32.1. The standard InChI is InChI=1S/C30H47NO11/c1-16(2)20(8)38-28(33)36-15-19(7)37-27(32)24(31)13-23-11-12-25(41-29(34)39-21(9)17(3)4)26(14-23)42-30(35)40-22(10)18(5)6/h11-12,14,16-22,24H,13,15,31H2,1-10H3/t19-,20?,21?,22?,24-/m0/s1. The third-order valence-corrected chi connectivity index (χ3v) is 6.57. The number of rotatable bonds is 14. The summed E-state index contributed by atoms with van der Waals surface area (Å²) in [5.41, 5.74) is 6.54. The Morgan fingerprint density at radius 2 is 1.10 bits per heavy atom. The Labute approximate surface area is 248 Å². The molecule has 1 rings (SSSR count). The highest BCUT2D eigenvalue weighted by molar-refractivity contribution is 5.76. The molecule has 0 aromatic heterocycles. The average molecular weight is 598 g/mol. The van der Waals surface area contributed by atoms with E-state index < -0.39 is 48.8 Å². The molecule has 0 amide bonds. The summed E-state index contributed by atoms with van der Waals surface area (Å²) in [6.07, 6.45) is -4.80. The molecule has 0 fully saturated rings. The predicted molar refractivity (Wildman–Crippen MR) is 153 cm³/mol. The first-order valence-corrected chi connectivity index (χ1v) is 14.2. The van der Waals surface area contributed by atoms with Gasteiger partial charge in [-0.05, 0) is 69.6 Å². The number of hydrogen-bond donors (Lipinski definition) is 1. The zero-order valence-electron chi connectivity index (χ0n) is 26.3. The smallest absolute Gasteiger partial charge is 0.458 e. The van der Waals surface area contributed by atoms with Crippen LogP contribution < -0.4 is 15.2 Å². The number of carbonyl (C=O) groups excluding carboxylic acids is 4. The summed E-state index contributed by atoms with van der Waals surface area (Å²) < 4.78 is 36.6. The first kappa shape index (κ1) is 36.5. The Hall–Kier alpha value is -3.54. The van der Waals surface area contributed by atoms with Crippen molar-refractivity contribution in [2.75, 3.05) is 6.61 Å². The number of nitrogens with two attached hydrogens (primary N) is 1. The molecule has 238 valence electrons. The van der Waals surface area contributed by atoms with Crippen LogP contribution >= 0.6 is 0 Å². The van der Waals surface area contributed by atoms with Crippen molar-refractivity contribution >= 4 is 24.4 Å². The molecular formula is C30H47NO11. The predicted octanol–water partition coefficient (Wildman–Crippen LogP) is 5.81. The van der Waals surface area contributed by atoms with Crippen molar-refractivity contribution in [3.8, 4) is 11.5 Å². The van der Waals surface area contributed by atoms with Crippen molar-refractivity contribution in [3.63, 3.8) is 0 Å². The second-order valence-corrected chi connectivity index (χ2v) is 11.3. The van der Waals surface area contributed by atoms with Crippen molar-refractivity contribution in [3.05, 3.63) is 23.8 Å². The minimum Gasteiger partial charge on any atom is -0.458 e. The van der Waals surface area contributed by atoms with Crippen LogP contribution in [0.25, 0.3) is 0 Å². The first-order chi connectivity index (χ1) is 19.5. The molecule has 0 saturated carbocycles. The van der Waals surface area contributed by atoms with Crippen molar-refractivity contribution in [2.24, 2.45) is 23.5 Å². The average Bonchev–Trinajstić information content (AvgIpc) is 2.88. The molecule has 0 aliphatic heterocycles. The largest absolute Gasteiger partial charge is 0.514 e. The SMILES string of the molecule is CC(C)C(C)OC(=O)OC[C@H](C)OC(=O)[C@@H](N)Cc1ccc(OC(=O)OC(C)C(C)C)c(OC(=O)OC(C)C(C)C)c1. The van der Waals surface area contributed by atoms with E-state index in [0.29, 0.717) is 5.56 Å². The number of benzene rings is 1. The maximum atomic E-state index is 12.6. The van der Waals surface area contributed by atoms with Gasteiger partial charge in [0.15, 0.2) is 11.5 Å². The maximum Gasteiger partial charge on any atom is 0.514 e. The van der Waals surface area contributed by atoms with Gasteiger partial charge in [-0.25, -0.2) is 14.4 Å². The number of hydrogen-bond acceptors (Lipinski definition) is 12. The van der Waals surface area contributed by atoms with Crippen LogP contribution in [0.3, 0.4) is 0 Å². The zero-order valence-corrected chi connectivity index (χ0v) is 26.3. The van der Waals surface area contributed by atoms with Gasteiger partial charge in [-0.3, -0.25) is 4.79 Å². The van der Waals surface area contributed by atoms with Crippen LogP contribution in [-0.2, 0) is 34.9 Å². The third-order valence-electron chi connectivity index (χ3n) is 6.57. The molecular weight excluding hydrogens is 550 g/mol. The highest BCUT2D eigenvalue weighted by Crippen LogP contribution is 2.30. The van der Waals surface area contributed by atoms with Gasteiger partial charge < -0.3 is 38.9 Å². The van der Waals surface area contributed by atoms with Crippen LogP contribution in [0.15, 0.2) is 18.2 Å². The molecule has 3 unspecified atom stereocenters. The lowest BCUT2D eigenvalue weighted by Gasteiger charge is -2.20. The molecule has 0 aliphatic rings. The first-order valence-electron chi connectivity index (χ1n) is 14.2. The van der Waals surface area contributed by atoms with Gasteiger partial charge in [0.05, 0.1) is 0 Å². The fourth-order valence-corrected chi connectivity index (χ4v) is 2.81. The second-order valence-electron chi connectivity index (χ2n) is 11.3. The molecule has 1 aromatic carbocycles. The molecule has 5 atom stereocenters. The lowest BCUT2D eigenvalue weighted by molar-refractivity contribution is -0.152. The van der Waals surface area contributed by atoms with Crippen LogP contribution in [0.4, 0.5) is 14.4 Å². The van der Waals surface area contributed by atoms with Gasteiger partial charge in [-0.1, -0.05) is 47.6 Å². The van der Waals surface area contributed by atoms with Crippen LogP contribution in [0.1, 0.15) is 74.8 Å². The van der Waals surface area contributed by atoms with Gasteiger partial charge in [0.1, 0.15) is 37.1 Å². The molecule has 0 saturated heterocycles.